The van der Waals surface area contributed by atoms with Crippen LogP contribution in [0.4, 0.5) is 4.79 Å². The minimum Gasteiger partial charge on any atom is -0.339 e. The molecular formula is C18H22ClN5O3. The molecule has 0 saturated carbocycles. The van der Waals surface area contributed by atoms with Crippen LogP contribution < -0.4 is 5.32 Å². The smallest absolute Gasteiger partial charge is 0.317 e. The standard InChI is InChI=1S/C18H22ClN5O3/c1-2-20-18(26)24-11-9-23(10-12-24)16(25)8-7-15-21-17(22-27-15)13-3-5-14(19)6-4-13/h3-6H,2,7-12H2,1H3,(H,20,26). The second-order valence-electron chi connectivity index (χ2n) is 6.22. The predicted octanol–water partition coefficient (Wildman–Crippen LogP) is 2.20. The van der Waals surface area contributed by atoms with Crippen LogP contribution in [0.1, 0.15) is 19.2 Å². The third kappa shape index (κ3) is 4.97. The van der Waals surface area contributed by atoms with Crippen LogP contribution in [0, 0.1) is 0 Å². The number of nitrogens with zero attached hydrogens (tertiary/aromatic N) is 4. The number of nitrogens with one attached hydrogen (secondary N) is 1. The minimum atomic E-state index is -0.0785. The molecule has 1 fully saturated rings. The van der Waals surface area contributed by atoms with Crippen molar-refractivity contribution in [2.24, 2.45) is 0 Å². The van der Waals surface area contributed by atoms with Crippen molar-refractivity contribution >= 4 is 23.5 Å². The van der Waals surface area contributed by atoms with E-state index in [2.05, 4.69) is 15.5 Å². The molecule has 144 valence electrons. The summed E-state index contributed by atoms with van der Waals surface area (Å²) in [6, 6.07) is 7.07. The SMILES string of the molecule is CCNC(=O)N1CCN(C(=O)CCc2nc(-c3ccc(Cl)cc3)no2)CC1. The van der Waals surface area contributed by atoms with Gasteiger partial charge in [-0.15, -0.1) is 0 Å². The lowest BCUT2D eigenvalue weighted by molar-refractivity contribution is -0.132. The van der Waals surface area contributed by atoms with Gasteiger partial charge in [-0.1, -0.05) is 16.8 Å². The number of aromatic nitrogens is 2. The maximum atomic E-state index is 12.4. The predicted molar refractivity (Wildman–Crippen MR) is 100 cm³/mol. The lowest BCUT2D eigenvalue weighted by Gasteiger charge is -2.34. The maximum absolute atomic E-state index is 12.4. The van der Waals surface area contributed by atoms with Gasteiger partial charge >= 0.3 is 6.03 Å². The number of piperazine rings is 1. The van der Waals surface area contributed by atoms with Crippen molar-refractivity contribution in [2.75, 3.05) is 32.7 Å². The zero-order valence-corrected chi connectivity index (χ0v) is 15.9. The minimum absolute atomic E-state index is 0.0248. The lowest BCUT2D eigenvalue weighted by atomic mass is 10.2. The van der Waals surface area contributed by atoms with Gasteiger partial charge in [-0.05, 0) is 31.2 Å². The Morgan fingerprint density at radius 3 is 2.48 bits per heavy atom. The van der Waals surface area contributed by atoms with Crippen LogP contribution in [-0.4, -0.2) is 64.6 Å². The van der Waals surface area contributed by atoms with Crippen LogP contribution in [0.3, 0.4) is 0 Å². The van der Waals surface area contributed by atoms with E-state index in [1.807, 2.05) is 19.1 Å². The Hall–Kier alpha value is -2.61. The van der Waals surface area contributed by atoms with Crippen molar-refractivity contribution in [3.05, 3.63) is 35.2 Å². The lowest BCUT2D eigenvalue weighted by Crippen LogP contribution is -2.53. The zero-order valence-electron chi connectivity index (χ0n) is 15.2. The van der Waals surface area contributed by atoms with Gasteiger partial charge in [0.25, 0.3) is 0 Å². The monoisotopic (exact) mass is 391 g/mol. The Morgan fingerprint density at radius 2 is 1.81 bits per heavy atom. The number of rotatable bonds is 5. The van der Waals surface area contributed by atoms with Crippen LogP contribution in [0.15, 0.2) is 28.8 Å². The molecule has 0 aliphatic carbocycles. The van der Waals surface area contributed by atoms with Crippen molar-refractivity contribution in [3.8, 4) is 11.4 Å². The van der Waals surface area contributed by atoms with Gasteiger partial charge in [-0.3, -0.25) is 4.79 Å². The molecular weight excluding hydrogens is 370 g/mol. The van der Waals surface area contributed by atoms with Crippen molar-refractivity contribution in [1.29, 1.82) is 0 Å². The number of halogens is 1. The molecule has 0 bridgehead atoms. The molecule has 0 atom stereocenters. The third-order valence-corrected chi connectivity index (χ3v) is 4.62. The Kier molecular flexibility index (Phi) is 6.28. The van der Waals surface area contributed by atoms with Crippen molar-refractivity contribution in [3.63, 3.8) is 0 Å². The molecule has 9 heteroatoms. The molecule has 1 aliphatic rings. The molecule has 27 heavy (non-hydrogen) atoms. The van der Waals surface area contributed by atoms with Crippen LogP contribution in [0.25, 0.3) is 11.4 Å². The van der Waals surface area contributed by atoms with E-state index in [1.54, 1.807) is 21.9 Å². The normalized spacial score (nSPS) is 14.3. The molecule has 1 aliphatic heterocycles. The number of aryl methyl sites for hydroxylation is 1. The number of hydrogen-bond donors (Lipinski definition) is 1. The molecule has 2 heterocycles. The average Bonchev–Trinajstić information content (AvgIpc) is 3.16. The van der Waals surface area contributed by atoms with E-state index in [-0.39, 0.29) is 11.9 Å². The highest BCUT2D eigenvalue weighted by Gasteiger charge is 2.24. The summed E-state index contributed by atoms with van der Waals surface area (Å²) >= 11 is 5.87. The van der Waals surface area contributed by atoms with E-state index in [9.17, 15) is 9.59 Å². The largest absolute Gasteiger partial charge is 0.339 e. The Labute approximate surface area is 162 Å². The molecule has 0 spiro atoms. The summed E-state index contributed by atoms with van der Waals surface area (Å²) in [5.41, 5.74) is 0.808. The van der Waals surface area contributed by atoms with E-state index in [1.165, 1.54) is 0 Å². The van der Waals surface area contributed by atoms with Crippen LogP contribution in [0.2, 0.25) is 5.02 Å². The Morgan fingerprint density at radius 1 is 1.15 bits per heavy atom. The fourth-order valence-electron chi connectivity index (χ4n) is 2.87. The molecule has 1 N–H and O–H groups in total. The summed E-state index contributed by atoms with van der Waals surface area (Å²) in [5.74, 6) is 0.927. The average molecular weight is 392 g/mol. The number of carbonyl (C=O) groups is 2. The number of benzene rings is 1. The quantitative estimate of drug-likeness (QED) is 0.843. The first-order valence-corrected chi connectivity index (χ1v) is 9.33. The number of carbonyl (C=O) groups excluding carboxylic acids is 2. The topological polar surface area (TPSA) is 91.6 Å². The molecule has 1 aromatic carbocycles. The van der Waals surface area contributed by atoms with Crippen LogP contribution >= 0.6 is 11.6 Å². The van der Waals surface area contributed by atoms with Crippen LogP contribution in [0.5, 0.6) is 0 Å². The first kappa shape index (κ1) is 19.2. The van der Waals surface area contributed by atoms with E-state index in [0.717, 1.165) is 5.56 Å². The third-order valence-electron chi connectivity index (χ3n) is 4.37. The highest BCUT2D eigenvalue weighted by molar-refractivity contribution is 6.30. The molecule has 1 saturated heterocycles. The van der Waals surface area contributed by atoms with E-state index in [0.29, 0.717) is 62.3 Å². The fourth-order valence-corrected chi connectivity index (χ4v) is 2.99. The van der Waals surface area contributed by atoms with Gasteiger partial charge in [0.2, 0.25) is 17.6 Å². The van der Waals surface area contributed by atoms with Crippen molar-refractivity contribution in [1.82, 2.24) is 25.3 Å². The second kappa shape index (κ2) is 8.85. The molecule has 3 amide bonds. The van der Waals surface area contributed by atoms with Gasteiger partial charge in [0.15, 0.2) is 0 Å². The maximum Gasteiger partial charge on any atom is 0.317 e. The summed E-state index contributed by atoms with van der Waals surface area (Å²) in [5, 5.41) is 7.36. The van der Waals surface area contributed by atoms with Crippen molar-refractivity contribution in [2.45, 2.75) is 19.8 Å². The summed E-state index contributed by atoms with van der Waals surface area (Å²) < 4.78 is 5.24. The van der Waals surface area contributed by atoms with Gasteiger partial charge < -0.3 is 19.6 Å². The van der Waals surface area contributed by atoms with Gasteiger partial charge in [0.05, 0.1) is 0 Å². The number of amides is 3. The summed E-state index contributed by atoms with van der Waals surface area (Å²) in [6.45, 7) is 4.64. The second-order valence-corrected chi connectivity index (χ2v) is 6.66. The van der Waals surface area contributed by atoms with Crippen molar-refractivity contribution < 1.29 is 14.1 Å². The molecule has 2 aromatic rings. The molecule has 0 unspecified atom stereocenters. The van der Waals surface area contributed by atoms with E-state index < -0.39 is 0 Å². The fraction of sp³-hybridized carbons (Fsp3) is 0.444. The summed E-state index contributed by atoms with van der Waals surface area (Å²) in [4.78, 5) is 32.0. The van der Waals surface area contributed by atoms with Gasteiger partial charge in [0, 0.05) is 56.2 Å². The van der Waals surface area contributed by atoms with Crippen LogP contribution in [-0.2, 0) is 11.2 Å². The highest BCUT2D eigenvalue weighted by Crippen LogP contribution is 2.19. The zero-order chi connectivity index (χ0) is 19.2. The van der Waals surface area contributed by atoms with Gasteiger partial charge in [-0.2, -0.15) is 4.98 Å². The first-order chi connectivity index (χ1) is 13.1. The highest BCUT2D eigenvalue weighted by atomic mass is 35.5. The molecule has 0 radical (unpaired) electrons. The Balaban J connectivity index is 1.47. The molecule has 3 rings (SSSR count). The first-order valence-electron chi connectivity index (χ1n) is 8.96. The summed E-state index contributed by atoms with van der Waals surface area (Å²) in [6.07, 6.45) is 0.680. The molecule has 1 aromatic heterocycles. The summed E-state index contributed by atoms with van der Waals surface area (Å²) in [7, 11) is 0. The number of hydrogen-bond acceptors (Lipinski definition) is 5. The van der Waals surface area contributed by atoms with E-state index in [4.69, 9.17) is 16.1 Å². The van der Waals surface area contributed by atoms with E-state index >= 15 is 0 Å². The van der Waals surface area contributed by atoms with Gasteiger partial charge in [-0.25, -0.2) is 4.79 Å². The molecule has 8 nitrogen and oxygen atoms in total. The Bertz CT molecular complexity index is 785. The van der Waals surface area contributed by atoms with Gasteiger partial charge in [0.1, 0.15) is 0 Å². The number of urea groups is 1.